The maximum atomic E-state index is 4.46. The molecule has 1 saturated heterocycles. The molecule has 106 valence electrons. The molecule has 1 aliphatic heterocycles. The zero-order chi connectivity index (χ0) is 13.8. The van der Waals surface area contributed by atoms with Crippen molar-refractivity contribution in [1.29, 1.82) is 0 Å². The van der Waals surface area contributed by atoms with Crippen molar-refractivity contribution >= 4 is 10.9 Å². The molecule has 3 nitrogen and oxygen atoms in total. The molecule has 0 aliphatic carbocycles. The summed E-state index contributed by atoms with van der Waals surface area (Å²) in [6, 6.07) is 11.3. The van der Waals surface area contributed by atoms with Crippen molar-refractivity contribution in [3.05, 3.63) is 42.1 Å². The third kappa shape index (κ3) is 2.84. The first-order valence-corrected chi connectivity index (χ1v) is 7.66. The van der Waals surface area contributed by atoms with Gasteiger partial charge in [-0.2, -0.15) is 0 Å². The normalized spacial score (nSPS) is 19.0. The zero-order valence-corrected chi connectivity index (χ0v) is 12.2. The molecule has 2 heterocycles. The Morgan fingerprint density at radius 1 is 1.30 bits per heavy atom. The standard InChI is InChI=1S/C17H23N3/c1-2-11-20(15-8-9-18-12-15)13-14-7-10-19-17-6-4-3-5-16(14)17/h3-7,10,15,18H,2,8-9,11-13H2,1H3. The average Bonchev–Trinajstić information content (AvgIpc) is 3.01. The highest BCUT2D eigenvalue weighted by Crippen LogP contribution is 2.20. The Hall–Kier alpha value is -1.45. The predicted molar refractivity (Wildman–Crippen MR) is 83.7 cm³/mol. The van der Waals surface area contributed by atoms with Crippen LogP contribution in [0.25, 0.3) is 10.9 Å². The summed E-state index contributed by atoms with van der Waals surface area (Å²) in [6.07, 6.45) is 4.41. The highest BCUT2D eigenvalue weighted by molar-refractivity contribution is 5.81. The van der Waals surface area contributed by atoms with Crippen molar-refractivity contribution < 1.29 is 0 Å². The van der Waals surface area contributed by atoms with Crippen LogP contribution in [0.4, 0.5) is 0 Å². The topological polar surface area (TPSA) is 28.2 Å². The van der Waals surface area contributed by atoms with E-state index in [4.69, 9.17) is 0 Å². The Kier molecular flexibility index (Phi) is 4.28. The first-order valence-electron chi connectivity index (χ1n) is 7.66. The molecular formula is C17H23N3. The van der Waals surface area contributed by atoms with Crippen LogP contribution in [-0.4, -0.2) is 35.6 Å². The molecule has 0 bridgehead atoms. The van der Waals surface area contributed by atoms with Crippen molar-refractivity contribution in [1.82, 2.24) is 15.2 Å². The lowest BCUT2D eigenvalue weighted by molar-refractivity contribution is 0.200. The lowest BCUT2D eigenvalue weighted by Crippen LogP contribution is -2.36. The molecule has 20 heavy (non-hydrogen) atoms. The highest BCUT2D eigenvalue weighted by atomic mass is 15.2. The number of pyridine rings is 1. The third-order valence-corrected chi connectivity index (χ3v) is 4.17. The van der Waals surface area contributed by atoms with Gasteiger partial charge in [0.05, 0.1) is 5.52 Å². The number of fused-ring (bicyclic) bond motifs is 1. The minimum atomic E-state index is 0.682. The quantitative estimate of drug-likeness (QED) is 0.904. The number of aromatic nitrogens is 1. The molecule has 0 spiro atoms. The molecule has 1 aliphatic rings. The second-order valence-corrected chi connectivity index (χ2v) is 5.60. The summed E-state index contributed by atoms with van der Waals surface area (Å²) < 4.78 is 0. The van der Waals surface area contributed by atoms with Crippen molar-refractivity contribution in [3.63, 3.8) is 0 Å². The molecule has 0 radical (unpaired) electrons. The van der Waals surface area contributed by atoms with Crippen LogP contribution < -0.4 is 5.32 Å². The fraction of sp³-hybridized carbons (Fsp3) is 0.471. The Bertz CT molecular complexity index is 556. The zero-order valence-electron chi connectivity index (χ0n) is 12.2. The van der Waals surface area contributed by atoms with Crippen molar-refractivity contribution in [3.8, 4) is 0 Å². The summed E-state index contributed by atoms with van der Waals surface area (Å²) in [6.45, 7) is 6.75. The van der Waals surface area contributed by atoms with Gasteiger partial charge in [0, 0.05) is 30.7 Å². The number of hydrogen-bond donors (Lipinski definition) is 1. The van der Waals surface area contributed by atoms with Gasteiger partial charge in [-0.3, -0.25) is 9.88 Å². The molecule has 1 N–H and O–H groups in total. The van der Waals surface area contributed by atoms with Crippen LogP contribution in [0.5, 0.6) is 0 Å². The van der Waals surface area contributed by atoms with Gasteiger partial charge >= 0.3 is 0 Å². The van der Waals surface area contributed by atoms with E-state index in [1.54, 1.807) is 0 Å². The fourth-order valence-electron chi connectivity index (χ4n) is 3.14. The minimum absolute atomic E-state index is 0.682. The number of nitrogens with one attached hydrogen (secondary N) is 1. The highest BCUT2D eigenvalue weighted by Gasteiger charge is 2.22. The first kappa shape index (κ1) is 13.5. The van der Waals surface area contributed by atoms with Gasteiger partial charge in [0.25, 0.3) is 0 Å². The maximum absolute atomic E-state index is 4.46. The largest absolute Gasteiger partial charge is 0.315 e. The van der Waals surface area contributed by atoms with E-state index < -0.39 is 0 Å². The Morgan fingerprint density at radius 2 is 2.20 bits per heavy atom. The van der Waals surface area contributed by atoms with Crippen LogP contribution in [-0.2, 0) is 6.54 Å². The van der Waals surface area contributed by atoms with Crippen molar-refractivity contribution in [2.75, 3.05) is 19.6 Å². The van der Waals surface area contributed by atoms with Crippen molar-refractivity contribution in [2.24, 2.45) is 0 Å². The van der Waals surface area contributed by atoms with Gasteiger partial charge < -0.3 is 5.32 Å². The van der Waals surface area contributed by atoms with Crippen LogP contribution in [0.3, 0.4) is 0 Å². The van der Waals surface area contributed by atoms with E-state index in [-0.39, 0.29) is 0 Å². The third-order valence-electron chi connectivity index (χ3n) is 4.17. The second-order valence-electron chi connectivity index (χ2n) is 5.60. The first-order chi connectivity index (χ1) is 9.88. The Morgan fingerprint density at radius 3 is 3.00 bits per heavy atom. The predicted octanol–water partition coefficient (Wildman–Crippen LogP) is 2.81. The fourth-order valence-corrected chi connectivity index (χ4v) is 3.14. The SMILES string of the molecule is CCCN(Cc1ccnc2ccccc12)C1CCNC1. The molecule has 1 unspecified atom stereocenters. The second kappa shape index (κ2) is 6.33. The van der Waals surface area contributed by atoms with Gasteiger partial charge in [-0.05, 0) is 43.6 Å². The Balaban J connectivity index is 1.86. The molecule has 1 aromatic heterocycles. The van der Waals surface area contributed by atoms with E-state index in [2.05, 4.69) is 52.5 Å². The summed E-state index contributed by atoms with van der Waals surface area (Å²) in [5, 5.41) is 4.77. The lowest BCUT2D eigenvalue weighted by atomic mass is 10.1. The minimum Gasteiger partial charge on any atom is -0.315 e. The molecule has 3 rings (SSSR count). The smallest absolute Gasteiger partial charge is 0.0705 e. The number of nitrogens with zero attached hydrogens (tertiary/aromatic N) is 2. The summed E-state index contributed by atoms with van der Waals surface area (Å²) in [4.78, 5) is 7.09. The molecule has 0 saturated carbocycles. The van der Waals surface area contributed by atoms with Crippen LogP contribution in [0.15, 0.2) is 36.5 Å². The van der Waals surface area contributed by atoms with E-state index in [1.807, 2.05) is 6.20 Å². The van der Waals surface area contributed by atoms with Gasteiger partial charge in [0.1, 0.15) is 0 Å². The molecule has 2 aromatic rings. The van der Waals surface area contributed by atoms with E-state index in [0.29, 0.717) is 6.04 Å². The number of para-hydroxylation sites is 1. The van der Waals surface area contributed by atoms with Crippen LogP contribution >= 0.6 is 0 Å². The van der Waals surface area contributed by atoms with Crippen molar-refractivity contribution in [2.45, 2.75) is 32.4 Å². The van der Waals surface area contributed by atoms with Crippen LogP contribution in [0.1, 0.15) is 25.3 Å². The van der Waals surface area contributed by atoms with E-state index in [1.165, 1.54) is 30.3 Å². The Labute approximate surface area is 121 Å². The monoisotopic (exact) mass is 269 g/mol. The van der Waals surface area contributed by atoms with Gasteiger partial charge in [0.15, 0.2) is 0 Å². The molecule has 0 amide bonds. The summed E-state index contributed by atoms with van der Waals surface area (Å²) in [5.74, 6) is 0. The van der Waals surface area contributed by atoms with Crippen LogP contribution in [0, 0.1) is 0 Å². The van der Waals surface area contributed by atoms with Gasteiger partial charge in [-0.1, -0.05) is 25.1 Å². The molecule has 1 atom stereocenters. The van der Waals surface area contributed by atoms with Crippen LogP contribution in [0.2, 0.25) is 0 Å². The summed E-state index contributed by atoms with van der Waals surface area (Å²) in [5.41, 5.74) is 2.50. The molecule has 1 aromatic carbocycles. The van der Waals surface area contributed by atoms with Gasteiger partial charge in [-0.25, -0.2) is 0 Å². The molecule has 1 fully saturated rings. The summed E-state index contributed by atoms with van der Waals surface area (Å²) in [7, 11) is 0. The number of hydrogen-bond acceptors (Lipinski definition) is 3. The molecule has 3 heteroatoms. The number of benzene rings is 1. The van der Waals surface area contributed by atoms with E-state index >= 15 is 0 Å². The van der Waals surface area contributed by atoms with E-state index in [9.17, 15) is 0 Å². The maximum Gasteiger partial charge on any atom is 0.0705 e. The lowest BCUT2D eigenvalue weighted by Gasteiger charge is -2.28. The molecular weight excluding hydrogens is 246 g/mol. The average molecular weight is 269 g/mol. The van der Waals surface area contributed by atoms with Gasteiger partial charge in [-0.15, -0.1) is 0 Å². The van der Waals surface area contributed by atoms with Gasteiger partial charge in [0.2, 0.25) is 0 Å². The summed E-state index contributed by atoms with van der Waals surface area (Å²) >= 11 is 0. The number of rotatable bonds is 5. The van der Waals surface area contributed by atoms with E-state index in [0.717, 1.165) is 25.2 Å².